The zero-order valence-corrected chi connectivity index (χ0v) is 20.5. The van der Waals surface area contributed by atoms with E-state index in [2.05, 4.69) is 26.1 Å². The molecule has 0 atom stereocenters. The molecule has 0 radical (unpaired) electrons. The number of hydrogen-bond donors (Lipinski definition) is 1. The Hall–Kier alpha value is -3.86. The first-order chi connectivity index (χ1) is 16.1. The zero-order valence-electron chi connectivity index (χ0n) is 20.5. The van der Waals surface area contributed by atoms with Crippen LogP contribution in [0.1, 0.15) is 43.0 Å². The van der Waals surface area contributed by atoms with Crippen molar-refractivity contribution in [2.45, 2.75) is 40.0 Å². The maximum atomic E-state index is 13.8. The minimum atomic E-state index is -0.394. The smallest absolute Gasteiger partial charge is 0.282 e. The van der Waals surface area contributed by atoms with E-state index in [4.69, 9.17) is 4.74 Å². The van der Waals surface area contributed by atoms with Gasteiger partial charge >= 0.3 is 0 Å². The van der Waals surface area contributed by atoms with Crippen LogP contribution in [0.2, 0.25) is 0 Å². The SMILES string of the molecule is COc1ccccc1C1=C(Nc2ccc(C)cc2C)C(=O)N(c2ccc(C(C)(C)C)cc2)C1=O. The normalized spacial score (nSPS) is 14.1. The summed E-state index contributed by atoms with van der Waals surface area (Å²) in [5, 5.41) is 3.26. The minimum Gasteiger partial charge on any atom is -0.496 e. The number of rotatable bonds is 5. The summed E-state index contributed by atoms with van der Waals surface area (Å²) in [5.74, 6) is -0.247. The van der Waals surface area contributed by atoms with Crippen molar-refractivity contribution in [2.24, 2.45) is 0 Å². The van der Waals surface area contributed by atoms with Gasteiger partial charge in [0.2, 0.25) is 0 Å². The highest BCUT2D eigenvalue weighted by atomic mass is 16.5. The third kappa shape index (κ3) is 4.21. The number of nitrogens with zero attached hydrogens (tertiary/aromatic N) is 1. The molecule has 0 saturated carbocycles. The first-order valence-corrected chi connectivity index (χ1v) is 11.3. The number of benzene rings is 3. The molecule has 5 nitrogen and oxygen atoms in total. The number of anilines is 2. The Labute approximate surface area is 201 Å². The van der Waals surface area contributed by atoms with Gasteiger partial charge < -0.3 is 10.1 Å². The molecule has 1 heterocycles. The van der Waals surface area contributed by atoms with Crippen molar-refractivity contribution in [1.29, 1.82) is 0 Å². The Morgan fingerprint density at radius 3 is 2.15 bits per heavy atom. The van der Waals surface area contributed by atoms with Gasteiger partial charge in [-0.1, -0.05) is 68.8 Å². The van der Waals surface area contributed by atoms with Gasteiger partial charge in [-0.2, -0.15) is 0 Å². The lowest BCUT2D eigenvalue weighted by Crippen LogP contribution is -2.32. The van der Waals surface area contributed by atoms with Crippen LogP contribution in [0.3, 0.4) is 0 Å². The van der Waals surface area contributed by atoms with Gasteiger partial charge in [-0.15, -0.1) is 0 Å². The molecule has 1 aliphatic rings. The van der Waals surface area contributed by atoms with Crippen LogP contribution in [-0.2, 0) is 15.0 Å². The van der Waals surface area contributed by atoms with Gasteiger partial charge in [-0.05, 0) is 54.7 Å². The summed E-state index contributed by atoms with van der Waals surface area (Å²) < 4.78 is 5.53. The van der Waals surface area contributed by atoms with E-state index in [-0.39, 0.29) is 17.0 Å². The Bertz CT molecular complexity index is 1300. The van der Waals surface area contributed by atoms with Crippen molar-refractivity contribution in [1.82, 2.24) is 0 Å². The number of amides is 2. The average Bonchev–Trinajstić information content (AvgIpc) is 3.04. The molecular weight excluding hydrogens is 424 g/mol. The molecule has 1 N–H and O–H groups in total. The van der Waals surface area contributed by atoms with Crippen molar-refractivity contribution in [3.8, 4) is 5.75 Å². The Kier molecular flexibility index (Phi) is 6.05. The molecule has 0 spiro atoms. The first kappa shape index (κ1) is 23.3. The third-order valence-corrected chi connectivity index (χ3v) is 6.09. The molecule has 34 heavy (non-hydrogen) atoms. The molecule has 174 valence electrons. The molecule has 0 aromatic heterocycles. The van der Waals surface area contributed by atoms with Gasteiger partial charge in [0.15, 0.2) is 0 Å². The molecule has 5 heteroatoms. The van der Waals surface area contributed by atoms with Crippen LogP contribution in [0, 0.1) is 13.8 Å². The van der Waals surface area contributed by atoms with E-state index in [1.165, 1.54) is 4.90 Å². The predicted molar refractivity (Wildman–Crippen MR) is 137 cm³/mol. The van der Waals surface area contributed by atoms with Crippen molar-refractivity contribution in [2.75, 3.05) is 17.3 Å². The summed E-state index contributed by atoms with van der Waals surface area (Å²) in [4.78, 5) is 28.7. The summed E-state index contributed by atoms with van der Waals surface area (Å²) in [5.41, 5.74) is 5.62. The van der Waals surface area contributed by atoms with Crippen LogP contribution < -0.4 is 15.0 Å². The lowest BCUT2D eigenvalue weighted by molar-refractivity contribution is -0.120. The number of methoxy groups -OCH3 is 1. The van der Waals surface area contributed by atoms with E-state index in [0.29, 0.717) is 22.6 Å². The van der Waals surface area contributed by atoms with Gasteiger partial charge in [0, 0.05) is 11.3 Å². The van der Waals surface area contributed by atoms with E-state index in [9.17, 15) is 9.59 Å². The van der Waals surface area contributed by atoms with Gasteiger partial charge in [0.05, 0.1) is 18.4 Å². The highest BCUT2D eigenvalue weighted by molar-refractivity contribution is 6.46. The molecule has 0 saturated heterocycles. The summed E-state index contributed by atoms with van der Waals surface area (Å²) in [7, 11) is 1.56. The molecule has 1 aliphatic heterocycles. The van der Waals surface area contributed by atoms with E-state index in [1.54, 1.807) is 19.2 Å². The van der Waals surface area contributed by atoms with Crippen molar-refractivity contribution in [3.63, 3.8) is 0 Å². The molecule has 4 rings (SSSR count). The fourth-order valence-electron chi connectivity index (χ4n) is 4.18. The summed E-state index contributed by atoms with van der Waals surface area (Å²) in [6.45, 7) is 10.4. The van der Waals surface area contributed by atoms with Crippen LogP contribution in [0.5, 0.6) is 5.75 Å². The summed E-state index contributed by atoms with van der Waals surface area (Å²) >= 11 is 0. The number of imide groups is 1. The molecule has 2 amide bonds. The number of para-hydroxylation sites is 1. The Morgan fingerprint density at radius 2 is 1.53 bits per heavy atom. The van der Waals surface area contributed by atoms with Crippen LogP contribution in [-0.4, -0.2) is 18.9 Å². The average molecular weight is 455 g/mol. The predicted octanol–water partition coefficient (Wildman–Crippen LogP) is 6.01. The third-order valence-electron chi connectivity index (χ3n) is 6.09. The van der Waals surface area contributed by atoms with Gasteiger partial charge in [-0.25, -0.2) is 4.90 Å². The lowest BCUT2D eigenvalue weighted by atomic mass is 9.87. The van der Waals surface area contributed by atoms with E-state index in [1.807, 2.05) is 68.4 Å². The fourth-order valence-corrected chi connectivity index (χ4v) is 4.18. The van der Waals surface area contributed by atoms with Crippen molar-refractivity contribution < 1.29 is 14.3 Å². The van der Waals surface area contributed by atoms with E-state index < -0.39 is 5.91 Å². The second kappa shape index (κ2) is 8.82. The van der Waals surface area contributed by atoms with Crippen LogP contribution in [0.15, 0.2) is 72.4 Å². The zero-order chi connectivity index (χ0) is 24.6. The number of nitrogens with one attached hydrogen (secondary N) is 1. The molecule has 3 aromatic rings. The number of ether oxygens (including phenoxy) is 1. The molecular formula is C29H30N2O3. The standard InChI is InChI=1S/C29H30N2O3/c1-18-11-16-23(19(2)17-18)30-26-25(22-9-7-8-10-24(22)34-6)27(32)31(28(26)33)21-14-12-20(13-15-21)29(3,4)5/h7-17,30H,1-6H3. The van der Waals surface area contributed by atoms with E-state index in [0.717, 1.165) is 22.4 Å². The summed E-state index contributed by atoms with van der Waals surface area (Å²) in [6, 6.07) is 20.8. The maximum absolute atomic E-state index is 13.8. The second-order valence-electron chi connectivity index (χ2n) is 9.64. The number of carbonyl (C=O) groups is 2. The summed E-state index contributed by atoms with van der Waals surface area (Å²) in [6.07, 6.45) is 0. The molecule has 0 aliphatic carbocycles. The Balaban J connectivity index is 1.83. The molecule has 0 bridgehead atoms. The minimum absolute atomic E-state index is 0.0337. The highest BCUT2D eigenvalue weighted by Crippen LogP contribution is 2.38. The molecule has 0 unspecified atom stereocenters. The maximum Gasteiger partial charge on any atom is 0.282 e. The Morgan fingerprint density at radius 1 is 0.853 bits per heavy atom. The number of hydrogen-bond acceptors (Lipinski definition) is 4. The number of carbonyl (C=O) groups excluding carboxylic acids is 2. The van der Waals surface area contributed by atoms with Crippen LogP contribution in [0.4, 0.5) is 11.4 Å². The van der Waals surface area contributed by atoms with Crippen LogP contribution >= 0.6 is 0 Å². The quantitative estimate of drug-likeness (QED) is 0.480. The van der Waals surface area contributed by atoms with Gasteiger partial charge in [0.1, 0.15) is 11.4 Å². The van der Waals surface area contributed by atoms with Crippen molar-refractivity contribution >= 4 is 28.8 Å². The fraction of sp³-hybridized carbons (Fsp3) is 0.241. The monoisotopic (exact) mass is 454 g/mol. The topological polar surface area (TPSA) is 58.6 Å². The number of aryl methyl sites for hydroxylation is 2. The van der Waals surface area contributed by atoms with E-state index >= 15 is 0 Å². The van der Waals surface area contributed by atoms with Gasteiger partial charge in [0.25, 0.3) is 11.8 Å². The van der Waals surface area contributed by atoms with Crippen molar-refractivity contribution in [3.05, 3.63) is 94.7 Å². The van der Waals surface area contributed by atoms with Gasteiger partial charge in [-0.3, -0.25) is 9.59 Å². The first-order valence-electron chi connectivity index (χ1n) is 11.3. The molecule has 3 aromatic carbocycles. The highest BCUT2D eigenvalue weighted by Gasteiger charge is 2.41. The lowest BCUT2D eigenvalue weighted by Gasteiger charge is -2.21. The molecule has 0 fully saturated rings. The second-order valence-corrected chi connectivity index (χ2v) is 9.64. The van der Waals surface area contributed by atoms with Crippen LogP contribution in [0.25, 0.3) is 5.57 Å². The largest absolute Gasteiger partial charge is 0.496 e.